The number of hydrogen-bond donors (Lipinski definition) is 0. The molecule has 1 aromatic rings. The Kier molecular flexibility index (Phi) is 7.60. The van der Waals surface area contributed by atoms with E-state index in [0.29, 0.717) is 17.4 Å². The highest BCUT2D eigenvalue weighted by Gasteiger charge is 2.46. The van der Waals surface area contributed by atoms with Gasteiger partial charge in [0.05, 0.1) is 23.7 Å². The van der Waals surface area contributed by atoms with Crippen LogP contribution in [-0.4, -0.2) is 35.6 Å². The Labute approximate surface area is 196 Å². The maximum Gasteiger partial charge on any atom is 0.199 e. The Morgan fingerprint density at radius 1 is 1.09 bits per heavy atom. The fourth-order valence-corrected chi connectivity index (χ4v) is 7.07. The van der Waals surface area contributed by atoms with E-state index in [9.17, 15) is 8.42 Å². The summed E-state index contributed by atoms with van der Waals surface area (Å²) in [5.41, 5.74) is 3.66. The molecule has 3 atom stereocenters. The molecule has 32 heavy (non-hydrogen) atoms. The summed E-state index contributed by atoms with van der Waals surface area (Å²) in [5.74, 6) is 0.335. The van der Waals surface area contributed by atoms with Crippen LogP contribution in [0.3, 0.4) is 0 Å². The van der Waals surface area contributed by atoms with Gasteiger partial charge in [-0.15, -0.1) is 0 Å². The van der Waals surface area contributed by atoms with Gasteiger partial charge in [0.15, 0.2) is 18.2 Å². The number of hydrogen-bond acceptors (Lipinski definition) is 4. The van der Waals surface area contributed by atoms with Crippen LogP contribution in [-0.2, 0) is 19.0 Å². The van der Waals surface area contributed by atoms with Crippen LogP contribution in [0.1, 0.15) is 60.3 Å². The summed E-state index contributed by atoms with van der Waals surface area (Å²) in [6, 6.07) is 8.61. The third kappa shape index (κ3) is 5.64. The van der Waals surface area contributed by atoms with Gasteiger partial charge in [-0.25, -0.2) is 8.42 Å². The van der Waals surface area contributed by atoms with Gasteiger partial charge in [0.25, 0.3) is 0 Å². The average molecular weight is 477 g/mol. The van der Waals surface area contributed by atoms with Crippen molar-refractivity contribution in [1.82, 2.24) is 0 Å². The third-order valence-electron chi connectivity index (χ3n) is 7.45. The van der Waals surface area contributed by atoms with Crippen LogP contribution in [0, 0.1) is 5.92 Å². The van der Waals surface area contributed by atoms with E-state index in [1.165, 1.54) is 16.6 Å². The van der Waals surface area contributed by atoms with E-state index < -0.39 is 18.2 Å². The van der Waals surface area contributed by atoms with Gasteiger partial charge in [-0.2, -0.15) is 0 Å². The van der Waals surface area contributed by atoms with Gasteiger partial charge >= 0.3 is 0 Å². The van der Waals surface area contributed by atoms with Gasteiger partial charge in [-0.05, 0) is 80.9 Å². The fraction of sp³-hybridized carbons (Fsp3) is 0.615. The smallest absolute Gasteiger partial charge is 0.199 e. The lowest BCUT2D eigenvalue weighted by atomic mass is 9.90. The number of benzene rings is 1. The molecule has 1 aromatic carbocycles. The number of rotatable bonds is 5. The van der Waals surface area contributed by atoms with Crippen molar-refractivity contribution in [2.75, 3.05) is 6.61 Å². The van der Waals surface area contributed by atoms with Gasteiger partial charge in [0.2, 0.25) is 0 Å². The molecule has 0 N–H and O–H groups in total. The fourth-order valence-electron chi connectivity index (χ4n) is 4.47. The molecule has 1 aliphatic heterocycles. The lowest BCUT2D eigenvalue weighted by Gasteiger charge is -2.42. The van der Waals surface area contributed by atoms with Gasteiger partial charge in [0, 0.05) is 11.3 Å². The highest BCUT2D eigenvalue weighted by Crippen LogP contribution is 2.46. The molecule has 1 saturated heterocycles. The minimum Gasteiger partial charge on any atom is -0.410 e. The molecule has 0 bridgehead atoms. The van der Waals surface area contributed by atoms with Crippen molar-refractivity contribution in [2.45, 2.75) is 95.5 Å². The zero-order valence-electron chi connectivity index (χ0n) is 20.8. The molecule has 4 nitrogen and oxygen atoms in total. The molecule has 6 heteroatoms. The topological polar surface area (TPSA) is 52.6 Å². The first-order valence-corrected chi connectivity index (χ1v) is 16.2. The largest absolute Gasteiger partial charge is 0.410 e. The SMILES string of the molecule is CC(C)=C1CC[C@H]([C@H]2CC/C(=C/S(=O)(=O)c3ccccc3)CO2)[C@H]1O[Si](C)(C)C(C)(C)C. The van der Waals surface area contributed by atoms with Crippen molar-refractivity contribution in [3.8, 4) is 0 Å². The molecule has 1 heterocycles. The summed E-state index contributed by atoms with van der Waals surface area (Å²) in [4.78, 5) is 0.335. The standard InChI is InChI=1S/C26H40O4SSi/c1-19(2)22-14-15-23(25(22)30-32(6,7)26(3,4)5)24-16-13-20(17-29-24)18-31(27,28)21-11-9-8-10-12-21/h8-12,18,23-25H,13-17H2,1-7H3/b20-18-/t23-,24-,25+/m1/s1. The number of allylic oxidation sites excluding steroid dienone is 1. The molecule has 1 saturated carbocycles. The van der Waals surface area contributed by atoms with Gasteiger partial charge in [-0.1, -0.05) is 44.5 Å². The van der Waals surface area contributed by atoms with Crippen LogP contribution in [0.4, 0.5) is 0 Å². The summed E-state index contributed by atoms with van der Waals surface area (Å²) in [6.45, 7) is 16.3. The van der Waals surface area contributed by atoms with Crippen LogP contribution in [0.25, 0.3) is 0 Å². The van der Waals surface area contributed by atoms with Gasteiger partial charge in [0.1, 0.15) is 0 Å². The van der Waals surface area contributed by atoms with Crippen LogP contribution in [0.2, 0.25) is 18.1 Å². The van der Waals surface area contributed by atoms with Crippen molar-refractivity contribution < 1.29 is 17.6 Å². The number of ether oxygens (including phenoxy) is 1. The Hall–Kier alpha value is -1.21. The predicted molar refractivity (Wildman–Crippen MR) is 134 cm³/mol. The van der Waals surface area contributed by atoms with E-state index >= 15 is 0 Å². The Bertz CT molecular complexity index is 957. The summed E-state index contributed by atoms with van der Waals surface area (Å²) < 4.78 is 38.7. The minimum atomic E-state index is -3.44. The molecule has 178 valence electrons. The summed E-state index contributed by atoms with van der Waals surface area (Å²) in [7, 11) is -5.36. The monoisotopic (exact) mass is 476 g/mol. The Balaban J connectivity index is 1.74. The van der Waals surface area contributed by atoms with Crippen LogP contribution in [0.15, 0.2) is 57.4 Å². The molecule has 0 aromatic heterocycles. The first-order chi connectivity index (χ1) is 14.8. The predicted octanol–water partition coefficient (Wildman–Crippen LogP) is 6.66. The highest BCUT2D eigenvalue weighted by atomic mass is 32.2. The third-order valence-corrected chi connectivity index (χ3v) is 13.5. The second kappa shape index (κ2) is 9.57. The molecular weight excluding hydrogens is 436 g/mol. The minimum absolute atomic E-state index is 0.109. The Morgan fingerprint density at radius 3 is 2.28 bits per heavy atom. The summed E-state index contributed by atoms with van der Waals surface area (Å²) in [6.07, 6.45) is 3.96. The first-order valence-electron chi connectivity index (χ1n) is 11.8. The maximum atomic E-state index is 12.7. The van der Waals surface area contributed by atoms with E-state index in [2.05, 4.69) is 47.7 Å². The van der Waals surface area contributed by atoms with Crippen molar-refractivity contribution >= 4 is 18.2 Å². The highest BCUT2D eigenvalue weighted by molar-refractivity contribution is 7.94. The molecule has 2 aliphatic rings. The molecule has 0 spiro atoms. The van der Waals surface area contributed by atoms with E-state index in [4.69, 9.17) is 9.16 Å². The first kappa shape index (κ1) is 25.4. The van der Waals surface area contributed by atoms with Gasteiger partial charge < -0.3 is 9.16 Å². The lowest BCUT2D eigenvalue weighted by molar-refractivity contribution is -0.0250. The second-order valence-corrected chi connectivity index (χ2v) is 17.6. The molecule has 2 fully saturated rings. The molecule has 0 amide bonds. The van der Waals surface area contributed by atoms with Crippen LogP contribution < -0.4 is 0 Å². The van der Waals surface area contributed by atoms with E-state index in [0.717, 1.165) is 31.3 Å². The molecule has 0 unspecified atom stereocenters. The maximum absolute atomic E-state index is 12.7. The van der Waals surface area contributed by atoms with E-state index in [-0.39, 0.29) is 17.2 Å². The zero-order chi connectivity index (χ0) is 23.7. The quantitative estimate of drug-likeness (QED) is 0.352. The summed E-state index contributed by atoms with van der Waals surface area (Å²) >= 11 is 0. The van der Waals surface area contributed by atoms with E-state index in [1.807, 2.05) is 6.07 Å². The van der Waals surface area contributed by atoms with Crippen molar-refractivity contribution in [3.63, 3.8) is 0 Å². The van der Waals surface area contributed by atoms with Crippen molar-refractivity contribution in [1.29, 1.82) is 0 Å². The van der Waals surface area contributed by atoms with E-state index in [1.54, 1.807) is 24.3 Å². The molecular formula is C26H40O4SSi. The lowest BCUT2D eigenvalue weighted by Crippen LogP contribution is -2.47. The molecule has 1 aliphatic carbocycles. The second-order valence-electron chi connectivity index (χ2n) is 11.0. The van der Waals surface area contributed by atoms with Crippen LogP contribution in [0.5, 0.6) is 0 Å². The zero-order valence-corrected chi connectivity index (χ0v) is 22.6. The normalized spacial score (nSPS) is 26.5. The van der Waals surface area contributed by atoms with Crippen LogP contribution >= 0.6 is 0 Å². The van der Waals surface area contributed by atoms with Crippen molar-refractivity contribution in [2.24, 2.45) is 5.92 Å². The molecule has 0 radical (unpaired) electrons. The Morgan fingerprint density at radius 2 is 1.75 bits per heavy atom. The van der Waals surface area contributed by atoms with Gasteiger partial charge in [-0.3, -0.25) is 0 Å². The van der Waals surface area contributed by atoms with Crippen molar-refractivity contribution in [3.05, 3.63) is 52.5 Å². The molecule has 3 rings (SSSR count). The summed E-state index contributed by atoms with van der Waals surface area (Å²) in [5, 5.41) is 1.57. The average Bonchev–Trinajstić information content (AvgIpc) is 3.11. The number of sulfone groups is 1.